The Kier molecular flexibility index (Phi) is 3.03. The molecule has 3 nitrogen and oxygen atoms in total. The van der Waals surface area contributed by atoms with Gasteiger partial charge < -0.3 is 10.6 Å². The number of nitrogen functional groups attached to an aromatic ring is 1. The Balaban J connectivity index is 1.89. The van der Waals surface area contributed by atoms with Crippen molar-refractivity contribution in [1.29, 1.82) is 5.26 Å². The van der Waals surface area contributed by atoms with E-state index in [2.05, 4.69) is 4.90 Å². The van der Waals surface area contributed by atoms with Crippen molar-refractivity contribution in [2.24, 2.45) is 0 Å². The van der Waals surface area contributed by atoms with Crippen molar-refractivity contribution in [2.75, 3.05) is 17.2 Å². The number of rotatable bonds is 2. The molecule has 0 aromatic heterocycles. The molecule has 0 aliphatic carbocycles. The van der Waals surface area contributed by atoms with Gasteiger partial charge in [-0.15, -0.1) is 0 Å². The molecule has 20 heavy (non-hydrogen) atoms. The van der Waals surface area contributed by atoms with E-state index in [1.54, 1.807) is 6.07 Å². The molecule has 0 unspecified atom stereocenters. The number of anilines is 2. The molecule has 3 rings (SSSR count). The Bertz CT molecular complexity index is 703. The van der Waals surface area contributed by atoms with Crippen molar-refractivity contribution >= 4 is 11.4 Å². The van der Waals surface area contributed by atoms with Crippen molar-refractivity contribution in [2.45, 2.75) is 13.0 Å². The lowest BCUT2D eigenvalue weighted by Crippen LogP contribution is -2.20. The maximum atomic E-state index is 13.8. The van der Waals surface area contributed by atoms with Crippen LogP contribution in [0.5, 0.6) is 0 Å². The summed E-state index contributed by atoms with van der Waals surface area (Å²) in [6, 6.07) is 12.3. The summed E-state index contributed by atoms with van der Waals surface area (Å²) in [6.07, 6.45) is 0.917. The van der Waals surface area contributed by atoms with Gasteiger partial charge in [-0.1, -0.05) is 0 Å². The highest BCUT2D eigenvalue weighted by atomic mass is 19.1. The third-order valence-electron chi connectivity index (χ3n) is 3.63. The zero-order valence-corrected chi connectivity index (χ0v) is 10.9. The molecule has 1 heterocycles. The van der Waals surface area contributed by atoms with E-state index in [-0.39, 0.29) is 5.82 Å². The molecule has 0 saturated heterocycles. The van der Waals surface area contributed by atoms with Crippen LogP contribution in [-0.2, 0) is 13.0 Å². The molecule has 1 aliphatic rings. The van der Waals surface area contributed by atoms with Crippen LogP contribution in [0.1, 0.15) is 16.7 Å². The average molecular weight is 267 g/mol. The Labute approximate surface area is 117 Å². The largest absolute Gasteiger partial charge is 0.399 e. The predicted octanol–water partition coefficient (Wildman–Crippen LogP) is 2.84. The van der Waals surface area contributed by atoms with Crippen molar-refractivity contribution < 1.29 is 4.39 Å². The Morgan fingerprint density at radius 3 is 2.90 bits per heavy atom. The number of hydrogen-bond donors (Lipinski definition) is 1. The maximum Gasteiger partial charge on any atom is 0.128 e. The summed E-state index contributed by atoms with van der Waals surface area (Å²) in [5.41, 5.74) is 9.86. The smallest absolute Gasteiger partial charge is 0.128 e. The molecule has 0 atom stereocenters. The third-order valence-corrected chi connectivity index (χ3v) is 3.63. The van der Waals surface area contributed by atoms with E-state index >= 15 is 0 Å². The topological polar surface area (TPSA) is 53.0 Å². The lowest BCUT2D eigenvalue weighted by atomic mass is 10.1. The van der Waals surface area contributed by atoms with E-state index in [4.69, 9.17) is 11.0 Å². The molecular weight excluding hydrogens is 253 g/mol. The molecule has 0 saturated carbocycles. The second kappa shape index (κ2) is 4.86. The summed E-state index contributed by atoms with van der Waals surface area (Å²) in [7, 11) is 0. The number of nitriles is 1. The third kappa shape index (κ3) is 2.19. The van der Waals surface area contributed by atoms with Crippen molar-refractivity contribution in [3.63, 3.8) is 0 Å². The van der Waals surface area contributed by atoms with Gasteiger partial charge in [-0.05, 0) is 48.4 Å². The Morgan fingerprint density at radius 2 is 2.10 bits per heavy atom. The van der Waals surface area contributed by atoms with Gasteiger partial charge in [-0.25, -0.2) is 4.39 Å². The van der Waals surface area contributed by atoms with E-state index in [0.29, 0.717) is 17.7 Å². The molecule has 0 spiro atoms. The van der Waals surface area contributed by atoms with E-state index in [0.717, 1.165) is 24.3 Å². The van der Waals surface area contributed by atoms with Gasteiger partial charge in [0.2, 0.25) is 0 Å². The van der Waals surface area contributed by atoms with Gasteiger partial charge in [0.1, 0.15) is 5.82 Å². The zero-order valence-electron chi connectivity index (χ0n) is 10.9. The standard InChI is InChI=1S/C16H14FN3/c17-15-3-1-11(9-18)7-13(15)10-20-6-5-12-8-14(19)2-4-16(12)20/h1-4,7-8H,5-6,10,19H2. The summed E-state index contributed by atoms with van der Waals surface area (Å²) in [5, 5.41) is 8.90. The molecule has 2 aromatic rings. The van der Waals surface area contributed by atoms with Crippen LogP contribution in [0.3, 0.4) is 0 Å². The molecule has 2 N–H and O–H groups in total. The minimum Gasteiger partial charge on any atom is -0.399 e. The number of fused-ring (bicyclic) bond motifs is 1. The first-order chi connectivity index (χ1) is 9.67. The summed E-state index contributed by atoms with van der Waals surface area (Å²) >= 11 is 0. The lowest BCUT2D eigenvalue weighted by molar-refractivity contribution is 0.605. The molecule has 1 aliphatic heterocycles. The van der Waals surface area contributed by atoms with E-state index in [1.807, 2.05) is 24.3 Å². The lowest BCUT2D eigenvalue weighted by Gasteiger charge is -2.20. The first-order valence-corrected chi connectivity index (χ1v) is 6.49. The fourth-order valence-corrected chi connectivity index (χ4v) is 2.63. The van der Waals surface area contributed by atoms with Crippen molar-refractivity contribution in [1.82, 2.24) is 0 Å². The van der Waals surface area contributed by atoms with Gasteiger partial charge >= 0.3 is 0 Å². The van der Waals surface area contributed by atoms with Gasteiger partial charge in [0.15, 0.2) is 0 Å². The van der Waals surface area contributed by atoms with E-state index in [9.17, 15) is 4.39 Å². The van der Waals surface area contributed by atoms with Crippen LogP contribution in [0, 0.1) is 17.1 Å². The van der Waals surface area contributed by atoms with Gasteiger partial charge in [0, 0.05) is 30.0 Å². The molecule has 0 radical (unpaired) electrons. The Hall–Kier alpha value is -2.54. The van der Waals surface area contributed by atoms with E-state index in [1.165, 1.54) is 17.7 Å². The monoisotopic (exact) mass is 267 g/mol. The molecule has 0 bridgehead atoms. The van der Waals surface area contributed by atoms with Crippen molar-refractivity contribution in [3.8, 4) is 6.07 Å². The van der Waals surface area contributed by atoms with Crippen LogP contribution in [0.2, 0.25) is 0 Å². The number of nitrogens with zero attached hydrogens (tertiary/aromatic N) is 2. The molecule has 0 fully saturated rings. The van der Waals surface area contributed by atoms with Crippen molar-refractivity contribution in [3.05, 3.63) is 58.9 Å². The summed E-state index contributed by atoms with van der Waals surface area (Å²) < 4.78 is 13.8. The molecule has 100 valence electrons. The van der Waals surface area contributed by atoms with Gasteiger partial charge in [-0.2, -0.15) is 5.26 Å². The highest BCUT2D eigenvalue weighted by Gasteiger charge is 2.20. The quantitative estimate of drug-likeness (QED) is 0.851. The Morgan fingerprint density at radius 1 is 1.25 bits per heavy atom. The summed E-state index contributed by atoms with van der Waals surface area (Å²) in [6.45, 7) is 1.31. The number of halogens is 1. The highest BCUT2D eigenvalue weighted by Crippen LogP contribution is 2.31. The average Bonchev–Trinajstić information content (AvgIpc) is 2.83. The number of benzene rings is 2. The van der Waals surface area contributed by atoms with Crippen LogP contribution in [0.25, 0.3) is 0 Å². The van der Waals surface area contributed by atoms with Gasteiger partial charge in [-0.3, -0.25) is 0 Å². The normalized spacial score (nSPS) is 13.1. The van der Waals surface area contributed by atoms with Crippen LogP contribution in [-0.4, -0.2) is 6.54 Å². The predicted molar refractivity (Wildman–Crippen MR) is 76.7 cm³/mol. The fraction of sp³-hybridized carbons (Fsp3) is 0.188. The second-order valence-electron chi connectivity index (χ2n) is 4.98. The van der Waals surface area contributed by atoms with Gasteiger partial charge in [0.25, 0.3) is 0 Å². The van der Waals surface area contributed by atoms with E-state index < -0.39 is 0 Å². The second-order valence-corrected chi connectivity index (χ2v) is 4.98. The van der Waals surface area contributed by atoms with Crippen LogP contribution in [0.15, 0.2) is 36.4 Å². The van der Waals surface area contributed by atoms with Crippen LogP contribution in [0.4, 0.5) is 15.8 Å². The van der Waals surface area contributed by atoms with Crippen LogP contribution >= 0.6 is 0 Å². The zero-order chi connectivity index (χ0) is 14.1. The fourth-order valence-electron chi connectivity index (χ4n) is 2.63. The first kappa shape index (κ1) is 12.5. The molecule has 2 aromatic carbocycles. The minimum absolute atomic E-state index is 0.270. The summed E-state index contributed by atoms with van der Waals surface area (Å²) in [4.78, 5) is 2.12. The number of nitrogens with two attached hydrogens (primary N) is 1. The van der Waals surface area contributed by atoms with Crippen LogP contribution < -0.4 is 10.6 Å². The SMILES string of the molecule is N#Cc1ccc(F)c(CN2CCc3cc(N)ccc32)c1. The summed E-state index contributed by atoms with van der Waals surface area (Å²) in [5.74, 6) is -0.270. The maximum absolute atomic E-state index is 13.8. The highest BCUT2D eigenvalue weighted by molar-refractivity contribution is 5.63. The van der Waals surface area contributed by atoms with Gasteiger partial charge in [0.05, 0.1) is 11.6 Å². The molecular formula is C16H14FN3. The minimum atomic E-state index is -0.270. The number of hydrogen-bond acceptors (Lipinski definition) is 3. The first-order valence-electron chi connectivity index (χ1n) is 6.49. The molecule has 0 amide bonds. The molecule has 4 heteroatoms.